The Bertz CT molecular complexity index is 726. The molecule has 0 bridgehead atoms. The largest absolute Gasteiger partial charge is 0.270 e. The third kappa shape index (κ3) is 3.02. The van der Waals surface area contributed by atoms with Crippen LogP contribution < -0.4 is 4.90 Å². The third-order valence-corrected chi connectivity index (χ3v) is 4.53. The fraction of sp³-hybridized carbons (Fsp3) is 0. The number of rotatable bonds is 2. The van der Waals surface area contributed by atoms with Crippen molar-refractivity contribution in [1.82, 2.24) is 0 Å². The van der Waals surface area contributed by atoms with E-state index < -0.39 is 0 Å². The second-order valence-electron chi connectivity index (χ2n) is 4.40. The van der Waals surface area contributed by atoms with Gasteiger partial charge in [-0.2, -0.15) is 0 Å². The second kappa shape index (κ2) is 6.02. The molecule has 3 rings (SSSR count). The van der Waals surface area contributed by atoms with Crippen molar-refractivity contribution < 1.29 is 4.79 Å². The number of carbonyl (C=O) groups is 1. The minimum atomic E-state index is -0.101. The highest BCUT2D eigenvalue weighted by atomic mass is 35.5. The summed E-state index contributed by atoms with van der Waals surface area (Å²) < 4.78 is 0.532. The number of anilines is 1. The second-order valence-corrected chi connectivity index (χ2v) is 6.52. The number of nitrogens with zero attached hydrogens (tertiary/aromatic N) is 1. The first-order valence-corrected chi connectivity index (χ1v) is 7.84. The molecule has 0 N–H and O–H groups in total. The van der Waals surface area contributed by atoms with Crippen molar-refractivity contribution in [3.63, 3.8) is 0 Å². The van der Waals surface area contributed by atoms with E-state index in [1.807, 2.05) is 36.4 Å². The van der Waals surface area contributed by atoms with Gasteiger partial charge in [-0.1, -0.05) is 65.9 Å². The quantitative estimate of drug-likeness (QED) is 0.585. The van der Waals surface area contributed by atoms with Crippen LogP contribution in [0.5, 0.6) is 0 Å². The summed E-state index contributed by atoms with van der Waals surface area (Å²) in [6, 6.07) is 16.8. The predicted octanol–water partition coefficient (Wildman–Crippen LogP) is 4.75. The van der Waals surface area contributed by atoms with Crippen LogP contribution in [0.3, 0.4) is 0 Å². The summed E-state index contributed by atoms with van der Waals surface area (Å²) in [5, 5.41) is 0.629. The van der Waals surface area contributed by atoms with Crippen molar-refractivity contribution in [2.75, 3.05) is 4.90 Å². The van der Waals surface area contributed by atoms with E-state index in [9.17, 15) is 4.79 Å². The first-order valence-electron chi connectivity index (χ1n) is 6.24. The Balaban J connectivity index is 1.92. The highest BCUT2D eigenvalue weighted by Crippen LogP contribution is 2.36. The summed E-state index contributed by atoms with van der Waals surface area (Å²) in [4.78, 5) is 14.7. The minimum absolute atomic E-state index is 0.101. The lowest BCUT2D eigenvalue weighted by molar-refractivity contribution is -0.113. The first kappa shape index (κ1) is 14.3. The molecule has 2 aromatic rings. The molecule has 104 valence electrons. The highest BCUT2D eigenvalue weighted by molar-refractivity contribution is 8.27. The van der Waals surface area contributed by atoms with Gasteiger partial charge in [0.1, 0.15) is 0 Å². The fourth-order valence-electron chi connectivity index (χ4n) is 1.98. The lowest BCUT2D eigenvalue weighted by Crippen LogP contribution is -2.27. The standard InChI is InChI=1S/C16H10ClNOS2/c17-12-6-8-13(9-7-12)18-15(19)14(21-16(18)20)10-11-4-2-1-3-5-11/h1-10H/b14-10-. The Kier molecular flexibility index (Phi) is 4.10. The van der Waals surface area contributed by atoms with Gasteiger partial charge in [0.2, 0.25) is 0 Å². The van der Waals surface area contributed by atoms with Crippen LogP contribution in [0.25, 0.3) is 6.08 Å². The monoisotopic (exact) mass is 331 g/mol. The van der Waals surface area contributed by atoms with Gasteiger partial charge in [0.05, 0.1) is 10.6 Å². The molecule has 0 atom stereocenters. The molecule has 0 radical (unpaired) electrons. The lowest BCUT2D eigenvalue weighted by Gasteiger charge is -2.14. The van der Waals surface area contributed by atoms with Gasteiger partial charge in [-0.25, -0.2) is 0 Å². The van der Waals surface area contributed by atoms with E-state index in [4.69, 9.17) is 23.8 Å². The zero-order chi connectivity index (χ0) is 14.8. The van der Waals surface area contributed by atoms with Crippen molar-refractivity contribution in [3.05, 3.63) is 70.1 Å². The number of hydrogen-bond acceptors (Lipinski definition) is 3. The molecule has 0 spiro atoms. The summed E-state index contributed by atoms with van der Waals surface area (Å²) in [6.45, 7) is 0. The average Bonchev–Trinajstić information content (AvgIpc) is 2.76. The Morgan fingerprint density at radius 1 is 1.05 bits per heavy atom. The molecule has 2 nitrogen and oxygen atoms in total. The van der Waals surface area contributed by atoms with Crippen molar-refractivity contribution in [1.29, 1.82) is 0 Å². The van der Waals surface area contributed by atoms with Crippen LogP contribution >= 0.6 is 35.6 Å². The molecule has 21 heavy (non-hydrogen) atoms. The van der Waals surface area contributed by atoms with Crippen LogP contribution in [-0.2, 0) is 4.79 Å². The summed E-state index contributed by atoms with van der Waals surface area (Å²) in [5.41, 5.74) is 1.72. The van der Waals surface area contributed by atoms with Crippen LogP contribution in [0.1, 0.15) is 5.56 Å². The van der Waals surface area contributed by atoms with Gasteiger partial charge in [0.15, 0.2) is 4.32 Å². The Morgan fingerprint density at radius 3 is 2.38 bits per heavy atom. The maximum Gasteiger partial charge on any atom is 0.270 e. The van der Waals surface area contributed by atoms with E-state index in [1.54, 1.807) is 24.3 Å². The molecule has 1 aliphatic rings. The van der Waals surface area contributed by atoms with Crippen LogP contribution in [0.15, 0.2) is 59.5 Å². The van der Waals surface area contributed by atoms with E-state index in [1.165, 1.54) is 16.7 Å². The molecule has 1 aliphatic heterocycles. The first-order chi connectivity index (χ1) is 10.1. The summed E-state index contributed by atoms with van der Waals surface area (Å²) in [7, 11) is 0. The number of benzene rings is 2. The van der Waals surface area contributed by atoms with Gasteiger partial charge in [-0.15, -0.1) is 0 Å². The molecule has 0 unspecified atom stereocenters. The van der Waals surface area contributed by atoms with Crippen LogP contribution in [0, 0.1) is 0 Å². The maximum absolute atomic E-state index is 12.5. The molecule has 1 amide bonds. The molecular formula is C16H10ClNOS2. The van der Waals surface area contributed by atoms with E-state index in [0.29, 0.717) is 14.2 Å². The molecular weight excluding hydrogens is 322 g/mol. The van der Waals surface area contributed by atoms with Gasteiger partial charge < -0.3 is 0 Å². The smallest absolute Gasteiger partial charge is 0.268 e. The molecule has 1 saturated heterocycles. The van der Waals surface area contributed by atoms with Gasteiger partial charge in [-0.05, 0) is 35.9 Å². The van der Waals surface area contributed by atoms with Crippen molar-refractivity contribution in [2.24, 2.45) is 0 Å². The van der Waals surface area contributed by atoms with Crippen LogP contribution in [0.4, 0.5) is 5.69 Å². The molecule has 0 aromatic heterocycles. The average molecular weight is 332 g/mol. The number of amides is 1. The number of thioether (sulfide) groups is 1. The number of halogens is 1. The summed E-state index contributed by atoms with van der Waals surface area (Å²) >= 11 is 12.5. The SMILES string of the molecule is O=C1/C(=C/c2ccccc2)SC(=S)N1c1ccc(Cl)cc1. The van der Waals surface area contributed by atoms with Gasteiger partial charge in [0, 0.05) is 5.02 Å². The number of thiocarbonyl (C=S) groups is 1. The summed E-state index contributed by atoms with van der Waals surface area (Å²) in [5.74, 6) is -0.101. The Labute approximate surface area is 137 Å². The van der Waals surface area contributed by atoms with Crippen LogP contribution in [0.2, 0.25) is 5.02 Å². The van der Waals surface area contributed by atoms with E-state index >= 15 is 0 Å². The molecule has 5 heteroatoms. The highest BCUT2D eigenvalue weighted by Gasteiger charge is 2.33. The molecule has 0 saturated carbocycles. The van der Waals surface area contributed by atoms with Gasteiger partial charge in [-0.3, -0.25) is 9.69 Å². The fourth-order valence-corrected chi connectivity index (χ4v) is 3.41. The predicted molar refractivity (Wildman–Crippen MR) is 93.5 cm³/mol. The molecule has 0 aliphatic carbocycles. The van der Waals surface area contributed by atoms with E-state index in [0.717, 1.165) is 11.3 Å². The third-order valence-electron chi connectivity index (χ3n) is 2.98. The zero-order valence-electron chi connectivity index (χ0n) is 10.8. The van der Waals surface area contributed by atoms with Crippen LogP contribution in [-0.4, -0.2) is 10.2 Å². The van der Waals surface area contributed by atoms with Crippen molar-refractivity contribution in [2.45, 2.75) is 0 Å². The lowest BCUT2D eigenvalue weighted by atomic mass is 10.2. The number of carbonyl (C=O) groups excluding carboxylic acids is 1. The van der Waals surface area contributed by atoms with E-state index in [-0.39, 0.29) is 5.91 Å². The zero-order valence-corrected chi connectivity index (χ0v) is 13.2. The number of hydrogen-bond donors (Lipinski definition) is 0. The minimum Gasteiger partial charge on any atom is -0.268 e. The Morgan fingerprint density at radius 2 is 1.71 bits per heavy atom. The van der Waals surface area contributed by atoms with E-state index in [2.05, 4.69) is 0 Å². The normalized spacial score (nSPS) is 16.8. The molecule has 1 heterocycles. The molecule has 1 fully saturated rings. The van der Waals surface area contributed by atoms with Gasteiger partial charge >= 0.3 is 0 Å². The van der Waals surface area contributed by atoms with Gasteiger partial charge in [0.25, 0.3) is 5.91 Å². The maximum atomic E-state index is 12.5. The Hall–Kier alpha value is -1.62. The summed E-state index contributed by atoms with van der Waals surface area (Å²) in [6.07, 6.45) is 1.86. The van der Waals surface area contributed by atoms with Crippen molar-refractivity contribution in [3.8, 4) is 0 Å². The molecule has 2 aromatic carbocycles. The topological polar surface area (TPSA) is 20.3 Å². The van der Waals surface area contributed by atoms with Crippen molar-refractivity contribution >= 4 is 57.6 Å².